The van der Waals surface area contributed by atoms with Crippen molar-refractivity contribution in [2.45, 2.75) is 20.4 Å². The summed E-state index contributed by atoms with van der Waals surface area (Å²) in [7, 11) is 0. The number of rotatable bonds is 3. The van der Waals surface area contributed by atoms with Crippen LogP contribution < -0.4 is 5.43 Å². The van der Waals surface area contributed by atoms with Gasteiger partial charge in [-0.25, -0.2) is 4.39 Å². The molecule has 1 aromatic carbocycles. The highest BCUT2D eigenvalue weighted by Gasteiger charge is 2.08. The first-order chi connectivity index (χ1) is 8.63. The molecule has 3 nitrogen and oxygen atoms in total. The average Bonchev–Trinajstić information content (AvgIpc) is 2.68. The van der Waals surface area contributed by atoms with Gasteiger partial charge in [0.1, 0.15) is 11.9 Å². The van der Waals surface area contributed by atoms with Crippen LogP contribution in [-0.2, 0) is 6.54 Å². The van der Waals surface area contributed by atoms with Crippen LogP contribution in [0.4, 0.5) is 4.39 Å². The van der Waals surface area contributed by atoms with Crippen LogP contribution >= 0.6 is 0 Å². The normalized spacial score (nSPS) is 10.1. The van der Waals surface area contributed by atoms with Crippen molar-refractivity contribution in [1.82, 2.24) is 4.68 Å². The van der Waals surface area contributed by atoms with Gasteiger partial charge in [-0.2, -0.15) is 5.26 Å². The van der Waals surface area contributed by atoms with E-state index in [1.807, 2.05) is 36.7 Å². The lowest BCUT2D eigenvalue weighted by Gasteiger charge is -2.13. The van der Waals surface area contributed by atoms with E-state index in [-0.39, 0.29) is 5.56 Å². The predicted molar refractivity (Wildman–Crippen MR) is 68.1 cm³/mol. The van der Waals surface area contributed by atoms with Gasteiger partial charge < -0.3 is 5.43 Å². The zero-order valence-electron chi connectivity index (χ0n) is 10.4. The summed E-state index contributed by atoms with van der Waals surface area (Å²) in [5.74, 6) is -0.449. The summed E-state index contributed by atoms with van der Waals surface area (Å²) in [6.07, 6.45) is 0. The Morgan fingerprint density at radius 3 is 2.50 bits per heavy atom. The molecule has 1 aromatic heterocycles. The van der Waals surface area contributed by atoms with E-state index >= 15 is 0 Å². The molecule has 0 aliphatic carbocycles. The summed E-state index contributed by atoms with van der Waals surface area (Å²) in [6, 6.07) is 10.7. The molecular formula is C14H14FN3. The molecule has 0 fully saturated rings. The van der Waals surface area contributed by atoms with Crippen LogP contribution in [0, 0.1) is 31.0 Å². The van der Waals surface area contributed by atoms with Gasteiger partial charge in [0.2, 0.25) is 0 Å². The van der Waals surface area contributed by atoms with E-state index in [0.717, 1.165) is 11.4 Å². The molecule has 0 unspecified atom stereocenters. The summed E-state index contributed by atoms with van der Waals surface area (Å²) >= 11 is 0. The molecule has 0 aliphatic rings. The smallest absolute Gasteiger partial charge is 0.145 e. The van der Waals surface area contributed by atoms with Crippen molar-refractivity contribution in [1.29, 1.82) is 5.26 Å². The van der Waals surface area contributed by atoms with Crippen LogP contribution in [0.1, 0.15) is 22.5 Å². The summed E-state index contributed by atoms with van der Waals surface area (Å²) < 4.78 is 15.7. The Balaban J connectivity index is 2.19. The zero-order valence-corrected chi connectivity index (χ0v) is 10.4. The van der Waals surface area contributed by atoms with Crippen molar-refractivity contribution < 1.29 is 4.39 Å². The van der Waals surface area contributed by atoms with E-state index in [9.17, 15) is 4.39 Å². The number of nitriles is 1. The SMILES string of the molecule is Cc1ccc(C)n1NCc1cccc(C#N)c1F. The van der Waals surface area contributed by atoms with E-state index < -0.39 is 5.82 Å². The number of halogens is 1. The molecular weight excluding hydrogens is 229 g/mol. The van der Waals surface area contributed by atoms with Gasteiger partial charge in [-0.05, 0) is 32.0 Å². The average molecular weight is 243 g/mol. The molecule has 0 radical (unpaired) electrons. The minimum Gasteiger partial charge on any atom is -0.321 e. The van der Waals surface area contributed by atoms with Gasteiger partial charge in [0.15, 0.2) is 0 Å². The molecule has 2 rings (SSSR count). The summed E-state index contributed by atoms with van der Waals surface area (Å²) in [5.41, 5.74) is 5.82. The molecule has 0 saturated heterocycles. The summed E-state index contributed by atoms with van der Waals surface area (Å²) in [5, 5.41) is 8.77. The molecule has 2 aromatic rings. The second-order valence-corrected chi connectivity index (χ2v) is 4.18. The number of benzene rings is 1. The highest BCUT2D eigenvalue weighted by Crippen LogP contribution is 2.13. The lowest BCUT2D eigenvalue weighted by molar-refractivity contribution is 0.604. The van der Waals surface area contributed by atoms with Crippen LogP contribution in [0.15, 0.2) is 30.3 Å². The first-order valence-corrected chi connectivity index (χ1v) is 5.70. The number of nitrogens with zero attached hydrogens (tertiary/aromatic N) is 2. The monoisotopic (exact) mass is 243 g/mol. The first kappa shape index (κ1) is 12.2. The Hall–Kier alpha value is -2.28. The maximum Gasteiger partial charge on any atom is 0.145 e. The van der Waals surface area contributed by atoms with Crippen molar-refractivity contribution >= 4 is 0 Å². The van der Waals surface area contributed by atoms with Gasteiger partial charge in [0, 0.05) is 17.0 Å². The Bertz CT molecular complexity index is 588. The first-order valence-electron chi connectivity index (χ1n) is 5.70. The van der Waals surface area contributed by atoms with Crippen LogP contribution in [0.3, 0.4) is 0 Å². The molecule has 0 aliphatic heterocycles. The highest BCUT2D eigenvalue weighted by atomic mass is 19.1. The van der Waals surface area contributed by atoms with Crippen LogP contribution in [0.2, 0.25) is 0 Å². The fourth-order valence-electron chi connectivity index (χ4n) is 1.88. The molecule has 1 N–H and O–H groups in total. The third-order valence-corrected chi connectivity index (χ3v) is 2.90. The molecule has 0 saturated carbocycles. The molecule has 0 amide bonds. The topological polar surface area (TPSA) is 40.8 Å². The second kappa shape index (κ2) is 4.92. The lowest BCUT2D eigenvalue weighted by Crippen LogP contribution is -2.17. The highest BCUT2D eigenvalue weighted by molar-refractivity contribution is 5.35. The Kier molecular flexibility index (Phi) is 3.33. The fraction of sp³-hybridized carbons (Fsp3) is 0.214. The fourth-order valence-corrected chi connectivity index (χ4v) is 1.88. The molecule has 18 heavy (non-hydrogen) atoms. The third kappa shape index (κ3) is 2.21. The molecule has 0 atom stereocenters. The standard InChI is InChI=1S/C14H14FN3/c1-10-6-7-11(2)18(10)17-9-13-5-3-4-12(8-16)14(13)15/h3-7,17H,9H2,1-2H3. The summed E-state index contributed by atoms with van der Waals surface area (Å²) in [4.78, 5) is 0. The van der Waals surface area contributed by atoms with Gasteiger partial charge in [-0.3, -0.25) is 4.68 Å². The maximum absolute atomic E-state index is 13.8. The number of aryl methyl sites for hydroxylation is 2. The maximum atomic E-state index is 13.8. The van der Waals surface area contributed by atoms with Gasteiger partial charge in [-0.15, -0.1) is 0 Å². The second-order valence-electron chi connectivity index (χ2n) is 4.18. The number of nitrogens with one attached hydrogen (secondary N) is 1. The summed E-state index contributed by atoms with van der Waals surface area (Å²) in [6.45, 7) is 4.29. The molecule has 0 spiro atoms. The minimum atomic E-state index is -0.449. The van der Waals surface area contributed by atoms with Gasteiger partial charge in [-0.1, -0.05) is 12.1 Å². The van der Waals surface area contributed by atoms with Crippen LogP contribution in [0.25, 0.3) is 0 Å². The van der Waals surface area contributed by atoms with E-state index in [1.165, 1.54) is 6.07 Å². The van der Waals surface area contributed by atoms with Gasteiger partial charge in [0.05, 0.1) is 12.1 Å². The number of hydrogen-bond donors (Lipinski definition) is 1. The molecule has 1 heterocycles. The Morgan fingerprint density at radius 1 is 1.22 bits per heavy atom. The van der Waals surface area contributed by atoms with E-state index in [4.69, 9.17) is 5.26 Å². The van der Waals surface area contributed by atoms with E-state index in [0.29, 0.717) is 12.1 Å². The third-order valence-electron chi connectivity index (χ3n) is 2.90. The van der Waals surface area contributed by atoms with Crippen molar-refractivity contribution in [3.05, 3.63) is 58.7 Å². The minimum absolute atomic E-state index is 0.0789. The Morgan fingerprint density at radius 2 is 1.89 bits per heavy atom. The van der Waals surface area contributed by atoms with Gasteiger partial charge >= 0.3 is 0 Å². The lowest BCUT2D eigenvalue weighted by atomic mass is 10.1. The molecule has 4 heteroatoms. The van der Waals surface area contributed by atoms with E-state index in [1.54, 1.807) is 12.1 Å². The van der Waals surface area contributed by atoms with Crippen molar-refractivity contribution in [2.24, 2.45) is 0 Å². The predicted octanol–water partition coefficient (Wildman–Crippen LogP) is 2.86. The largest absolute Gasteiger partial charge is 0.321 e. The Labute approximate surface area is 105 Å². The number of hydrogen-bond acceptors (Lipinski definition) is 2. The quantitative estimate of drug-likeness (QED) is 0.900. The van der Waals surface area contributed by atoms with Crippen LogP contribution in [0.5, 0.6) is 0 Å². The van der Waals surface area contributed by atoms with E-state index in [2.05, 4.69) is 5.43 Å². The van der Waals surface area contributed by atoms with Gasteiger partial charge in [0.25, 0.3) is 0 Å². The van der Waals surface area contributed by atoms with Crippen molar-refractivity contribution in [3.8, 4) is 6.07 Å². The molecule has 0 bridgehead atoms. The number of aromatic nitrogens is 1. The zero-order chi connectivity index (χ0) is 13.1. The van der Waals surface area contributed by atoms with Crippen molar-refractivity contribution in [3.63, 3.8) is 0 Å². The van der Waals surface area contributed by atoms with Crippen molar-refractivity contribution in [2.75, 3.05) is 5.43 Å². The van der Waals surface area contributed by atoms with Crippen LogP contribution in [-0.4, -0.2) is 4.68 Å². The molecule has 92 valence electrons.